The van der Waals surface area contributed by atoms with Crippen LogP contribution < -0.4 is 10.6 Å². The molecule has 0 heterocycles. The van der Waals surface area contributed by atoms with Gasteiger partial charge in [0.1, 0.15) is 5.82 Å². The summed E-state index contributed by atoms with van der Waals surface area (Å²) in [6, 6.07) is 9.60. The molecule has 2 N–H and O–H groups in total. The molecule has 0 fully saturated rings. The second kappa shape index (κ2) is 9.28. The molecule has 4 nitrogen and oxygen atoms in total. The number of hydrogen-bond acceptors (Lipinski definition) is 2. The molecule has 0 aromatic heterocycles. The van der Waals surface area contributed by atoms with Crippen LogP contribution in [0.1, 0.15) is 23.7 Å². The molecule has 2 aromatic carbocycles. The number of benzene rings is 2. The first kappa shape index (κ1) is 20.6. The maximum Gasteiger partial charge on any atom is 0.254 e. The molecule has 0 radical (unpaired) electrons. The fourth-order valence-electron chi connectivity index (χ4n) is 2.30. The molecule has 2 rings (SSSR count). The third-order valence-corrected chi connectivity index (χ3v) is 4.34. The van der Waals surface area contributed by atoms with Gasteiger partial charge in [-0.25, -0.2) is 8.78 Å². The predicted molar refractivity (Wildman–Crippen MR) is 102 cm³/mol. The van der Waals surface area contributed by atoms with Crippen molar-refractivity contribution in [2.75, 3.05) is 11.9 Å². The van der Waals surface area contributed by atoms with Gasteiger partial charge in [-0.3, -0.25) is 9.59 Å². The summed E-state index contributed by atoms with van der Waals surface area (Å²) >= 11 is 5.66. The summed E-state index contributed by atoms with van der Waals surface area (Å²) in [6.07, 6.45) is 0.339. The van der Waals surface area contributed by atoms with Gasteiger partial charge in [-0.2, -0.15) is 0 Å². The molecule has 0 aliphatic carbocycles. The van der Waals surface area contributed by atoms with Crippen molar-refractivity contribution >= 4 is 29.1 Å². The minimum absolute atomic E-state index is 0.127. The summed E-state index contributed by atoms with van der Waals surface area (Å²) in [7, 11) is 0. The van der Waals surface area contributed by atoms with Crippen molar-refractivity contribution in [3.63, 3.8) is 0 Å². The Bertz CT molecular complexity index is 854. The summed E-state index contributed by atoms with van der Waals surface area (Å²) < 4.78 is 26.7. The topological polar surface area (TPSA) is 58.2 Å². The molecule has 27 heavy (non-hydrogen) atoms. The minimum Gasteiger partial charge on any atom is -0.352 e. The van der Waals surface area contributed by atoms with Crippen molar-refractivity contribution in [1.82, 2.24) is 5.32 Å². The van der Waals surface area contributed by atoms with E-state index >= 15 is 0 Å². The highest BCUT2D eigenvalue weighted by molar-refractivity contribution is 6.31. The first-order valence-electron chi connectivity index (χ1n) is 8.26. The molecule has 0 saturated carbocycles. The second-order valence-electron chi connectivity index (χ2n) is 5.98. The third-order valence-electron chi connectivity index (χ3n) is 4.05. The number of halogens is 3. The maximum atomic E-state index is 13.8. The highest BCUT2D eigenvalue weighted by atomic mass is 35.5. The Balaban J connectivity index is 1.83. The lowest BCUT2D eigenvalue weighted by Crippen LogP contribution is -2.28. The highest BCUT2D eigenvalue weighted by Gasteiger charge is 2.18. The zero-order chi connectivity index (χ0) is 20.0. The summed E-state index contributed by atoms with van der Waals surface area (Å²) in [5.74, 6) is -2.57. The van der Waals surface area contributed by atoms with Gasteiger partial charge < -0.3 is 10.6 Å². The largest absolute Gasteiger partial charge is 0.352 e. The van der Waals surface area contributed by atoms with Crippen LogP contribution in [0.15, 0.2) is 54.6 Å². The van der Waals surface area contributed by atoms with Crippen molar-refractivity contribution in [1.29, 1.82) is 0 Å². The number of anilines is 1. The molecule has 2 aromatic rings. The Morgan fingerprint density at radius 1 is 1.15 bits per heavy atom. The zero-order valence-electron chi connectivity index (χ0n) is 14.7. The van der Waals surface area contributed by atoms with E-state index in [0.29, 0.717) is 17.7 Å². The minimum atomic E-state index is -0.775. The van der Waals surface area contributed by atoms with Gasteiger partial charge in [-0.1, -0.05) is 29.8 Å². The van der Waals surface area contributed by atoms with Gasteiger partial charge in [0, 0.05) is 12.2 Å². The maximum absolute atomic E-state index is 13.8. The molecule has 1 atom stereocenters. The average Bonchev–Trinajstić information content (AvgIpc) is 2.64. The Morgan fingerprint density at radius 2 is 1.81 bits per heavy atom. The van der Waals surface area contributed by atoms with Crippen molar-refractivity contribution in [3.05, 3.63) is 76.8 Å². The molecule has 0 saturated heterocycles. The van der Waals surface area contributed by atoms with E-state index < -0.39 is 23.5 Å². The number of carbonyl (C=O) groups excluding carboxylic acids is 2. The van der Waals surface area contributed by atoms with Gasteiger partial charge in [0.2, 0.25) is 5.91 Å². The number of carbonyl (C=O) groups is 2. The van der Waals surface area contributed by atoms with E-state index in [-0.39, 0.29) is 23.0 Å². The number of amides is 2. The SMILES string of the molecule is C=C(CCNC(=O)c1cccc(Cl)c1F)[C@H](C)C(=O)Nc1ccc(F)cc1. The highest BCUT2D eigenvalue weighted by Crippen LogP contribution is 2.18. The molecular weight excluding hydrogens is 374 g/mol. The van der Waals surface area contributed by atoms with Crippen LogP contribution in [-0.4, -0.2) is 18.4 Å². The molecule has 142 valence electrons. The zero-order valence-corrected chi connectivity index (χ0v) is 15.4. The van der Waals surface area contributed by atoms with Crippen LogP contribution in [0.2, 0.25) is 5.02 Å². The first-order valence-corrected chi connectivity index (χ1v) is 8.63. The number of rotatable bonds is 7. The van der Waals surface area contributed by atoms with Crippen molar-refractivity contribution in [2.45, 2.75) is 13.3 Å². The van der Waals surface area contributed by atoms with Gasteiger partial charge in [-0.05, 0) is 49.7 Å². The van der Waals surface area contributed by atoms with Crippen LogP contribution >= 0.6 is 11.6 Å². The molecule has 0 aliphatic rings. The molecule has 0 unspecified atom stereocenters. The van der Waals surface area contributed by atoms with E-state index in [4.69, 9.17) is 11.6 Å². The molecule has 2 amide bonds. The van der Waals surface area contributed by atoms with Crippen molar-refractivity contribution in [3.8, 4) is 0 Å². The quantitative estimate of drug-likeness (QED) is 0.678. The van der Waals surface area contributed by atoms with E-state index in [1.807, 2.05) is 0 Å². The van der Waals surface area contributed by atoms with E-state index in [2.05, 4.69) is 17.2 Å². The van der Waals surface area contributed by atoms with Crippen LogP contribution in [0.3, 0.4) is 0 Å². The molecule has 7 heteroatoms. The van der Waals surface area contributed by atoms with Gasteiger partial charge in [0.15, 0.2) is 5.82 Å². The normalized spacial score (nSPS) is 11.6. The fraction of sp³-hybridized carbons (Fsp3) is 0.200. The Kier molecular flexibility index (Phi) is 7.07. The van der Waals surface area contributed by atoms with Crippen molar-refractivity contribution < 1.29 is 18.4 Å². The molecular formula is C20H19ClF2N2O2. The Labute approximate surface area is 161 Å². The van der Waals surface area contributed by atoms with Gasteiger partial charge in [0.25, 0.3) is 5.91 Å². The standard InChI is InChI=1S/C20H19ClF2N2O2/c1-12(13(2)19(26)25-15-8-6-14(22)7-9-15)10-11-24-20(27)16-4-3-5-17(21)18(16)23/h3-9,13H,1,10-11H2,2H3,(H,24,27)(H,25,26)/t13-/m0/s1. The summed E-state index contributed by atoms with van der Waals surface area (Å²) in [6.45, 7) is 5.74. The number of hydrogen-bond donors (Lipinski definition) is 2. The van der Waals surface area contributed by atoms with Crippen LogP contribution in [0.25, 0.3) is 0 Å². The van der Waals surface area contributed by atoms with Crippen molar-refractivity contribution in [2.24, 2.45) is 5.92 Å². The summed E-state index contributed by atoms with van der Waals surface area (Å²) in [5.41, 5.74) is 0.933. The predicted octanol–water partition coefficient (Wildman–Crippen LogP) is 4.57. The van der Waals surface area contributed by atoms with E-state index in [1.165, 1.54) is 42.5 Å². The van der Waals surface area contributed by atoms with Crippen LogP contribution in [0.5, 0.6) is 0 Å². The van der Waals surface area contributed by atoms with Crippen LogP contribution in [0, 0.1) is 17.6 Å². The second-order valence-corrected chi connectivity index (χ2v) is 6.39. The van der Waals surface area contributed by atoms with E-state index in [9.17, 15) is 18.4 Å². The van der Waals surface area contributed by atoms with E-state index in [1.54, 1.807) is 6.92 Å². The lowest BCUT2D eigenvalue weighted by Gasteiger charge is -2.15. The van der Waals surface area contributed by atoms with E-state index in [0.717, 1.165) is 0 Å². The molecule has 0 aliphatic heterocycles. The molecule has 0 bridgehead atoms. The lowest BCUT2D eigenvalue weighted by molar-refractivity contribution is -0.118. The smallest absolute Gasteiger partial charge is 0.254 e. The average molecular weight is 393 g/mol. The van der Waals surface area contributed by atoms with Crippen LogP contribution in [-0.2, 0) is 4.79 Å². The van der Waals surface area contributed by atoms with Gasteiger partial charge in [0.05, 0.1) is 16.5 Å². The summed E-state index contributed by atoms with van der Waals surface area (Å²) in [5, 5.41) is 5.12. The third kappa shape index (κ3) is 5.62. The van der Waals surface area contributed by atoms with Gasteiger partial charge >= 0.3 is 0 Å². The molecule has 0 spiro atoms. The Morgan fingerprint density at radius 3 is 2.48 bits per heavy atom. The monoisotopic (exact) mass is 392 g/mol. The fourth-order valence-corrected chi connectivity index (χ4v) is 2.47. The summed E-state index contributed by atoms with van der Waals surface area (Å²) in [4.78, 5) is 24.2. The van der Waals surface area contributed by atoms with Crippen LogP contribution in [0.4, 0.5) is 14.5 Å². The number of nitrogens with one attached hydrogen (secondary N) is 2. The van der Waals surface area contributed by atoms with Gasteiger partial charge in [-0.15, -0.1) is 0 Å². The Hall–Kier alpha value is -2.73. The lowest BCUT2D eigenvalue weighted by atomic mass is 9.98. The first-order chi connectivity index (χ1) is 12.8.